The number of rotatable bonds is 7. The number of methoxy groups -OCH3 is 1. The second-order valence-electron chi connectivity index (χ2n) is 5.58. The molecule has 0 fully saturated rings. The number of aromatic nitrogens is 2. The lowest BCUT2D eigenvalue weighted by Crippen LogP contribution is -2.32. The first-order chi connectivity index (χ1) is 10.6. The molecule has 1 aromatic carbocycles. The predicted molar refractivity (Wildman–Crippen MR) is 84.9 cm³/mol. The van der Waals surface area contributed by atoms with E-state index in [1.165, 1.54) is 12.7 Å². The third-order valence-corrected chi connectivity index (χ3v) is 3.69. The van der Waals surface area contributed by atoms with E-state index in [9.17, 15) is 4.79 Å². The van der Waals surface area contributed by atoms with E-state index in [1.54, 1.807) is 6.33 Å². The lowest BCUT2D eigenvalue weighted by atomic mass is 10.1. The second-order valence-corrected chi connectivity index (χ2v) is 5.58. The zero-order valence-electron chi connectivity index (χ0n) is 13.4. The number of hydrogen-bond donors (Lipinski definition) is 0. The molecular formula is C17H23N3O2. The second kappa shape index (κ2) is 7.75. The van der Waals surface area contributed by atoms with Crippen LogP contribution >= 0.6 is 0 Å². The Labute approximate surface area is 131 Å². The van der Waals surface area contributed by atoms with Crippen LogP contribution in [0.2, 0.25) is 0 Å². The molecule has 1 atom stereocenters. The summed E-state index contributed by atoms with van der Waals surface area (Å²) in [6.45, 7) is 4.07. The molecule has 0 aliphatic carbocycles. The summed E-state index contributed by atoms with van der Waals surface area (Å²) in [6.07, 6.45) is 3.65. The third-order valence-electron chi connectivity index (χ3n) is 3.69. The van der Waals surface area contributed by atoms with Gasteiger partial charge in [0.05, 0.1) is 25.0 Å². The monoisotopic (exact) mass is 301 g/mol. The molecule has 118 valence electrons. The number of esters is 1. The fourth-order valence-electron chi connectivity index (χ4n) is 2.46. The third kappa shape index (κ3) is 4.43. The molecule has 0 N–H and O–H groups in total. The minimum atomic E-state index is -0.178. The van der Waals surface area contributed by atoms with Crippen molar-refractivity contribution in [2.24, 2.45) is 13.0 Å². The summed E-state index contributed by atoms with van der Waals surface area (Å²) in [5.41, 5.74) is 2.34. The summed E-state index contributed by atoms with van der Waals surface area (Å²) in [6, 6.07) is 10.3. The van der Waals surface area contributed by atoms with Gasteiger partial charge < -0.3 is 9.30 Å². The molecule has 0 bridgehead atoms. The first-order valence-corrected chi connectivity index (χ1v) is 7.39. The van der Waals surface area contributed by atoms with Gasteiger partial charge in [0.2, 0.25) is 0 Å². The lowest BCUT2D eigenvalue weighted by Gasteiger charge is -2.25. The van der Waals surface area contributed by atoms with Crippen molar-refractivity contribution in [3.8, 4) is 0 Å². The molecular weight excluding hydrogens is 278 g/mol. The van der Waals surface area contributed by atoms with Crippen LogP contribution in [0.4, 0.5) is 0 Å². The lowest BCUT2D eigenvalue weighted by molar-refractivity contribution is -0.145. The summed E-state index contributed by atoms with van der Waals surface area (Å²) in [5.74, 6) is -0.343. The zero-order chi connectivity index (χ0) is 15.9. The van der Waals surface area contributed by atoms with E-state index in [0.29, 0.717) is 6.54 Å². The first-order valence-electron chi connectivity index (χ1n) is 7.39. The van der Waals surface area contributed by atoms with Crippen LogP contribution in [0.3, 0.4) is 0 Å². The van der Waals surface area contributed by atoms with Crippen molar-refractivity contribution in [3.63, 3.8) is 0 Å². The van der Waals surface area contributed by atoms with E-state index >= 15 is 0 Å². The largest absolute Gasteiger partial charge is 0.469 e. The molecule has 2 aromatic rings. The fourth-order valence-corrected chi connectivity index (χ4v) is 2.46. The molecule has 0 aliphatic heterocycles. The van der Waals surface area contributed by atoms with Gasteiger partial charge in [-0.2, -0.15) is 0 Å². The van der Waals surface area contributed by atoms with Gasteiger partial charge in [0, 0.05) is 32.9 Å². The number of benzene rings is 1. The van der Waals surface area contributed by atoms with Crippen LogP contribution in [0.5, 0.6) is 0 Å². The normalized spacial score (nSPS) is 12.4. The minimum Gasteiger partial charge on any atom is -0.469 e. The van der Waals surface area contributed by atoms with E-state index in [-0.39, 0.29) is 11.9 Å². The highest BCUT2D eigenvalue weighted by Gasteiger charge is 2.19. The fraction of sp³-hybridized carbons (Fsp3) is 0.412. The molecule has 1 heterocycles. The smallest absolute Gasteiger partial charge is 0.309 e. The summed E-state index contributed by atoms with van der Waals surface area (Å²) in [5, 5.41) is 0. The van der Waals surface area contributed by atoms with E-state index in [0.717, 1.165) is 18.8 Å². The molecule has 0 amide bonds. The van der Waals surface area contributed by atoms with Gasteiger partial charge in [0.15, 0.2) is 0 Å². The van der Waals surface area contributed by atoms with Gasteiger partial charge in [-0.3, -0.25) is 9.69 Å². The molecule has 0 aliphatic rings. The minimum absolute atomic E-state index is 0.165. The zero-order valence-corrected chi connectivity index (χ0v) is 13.4. The van der Waals surface area contributed by atoms with Crippen LogP contribution < -0.4 is 0 Å². The van der Waals surface area contributed by atoms with Crippen molar-refractivity contribution in [3.05, 3.63) is 54.1 Å². The molecule has 0 saturated heterocycles. The highest BCUT2D eigenvalue weighted by molar-refractivity contribution is 5.72. The van der Waals surface area contributed by atoms with Gasteiger partial charge >= 0.3 is 5.97 Å². The summed E-state index contributed by atoms with van der Waals surface area (Å²) in [7, 11) is 3.41. The van der Waals surface area contributed by atoms with Crippen molar-refractivity contribution in [2.75, 3.05) is 13.7 Å². The van der Waals surface area contributed by atoms with Crippen LogP contribution in [0.15, 0.2) is 42.9 Å². The molecule has 0 saturated carbocycles. The summed E-state index contributed by atoms with van der Waals surface area (Å²) >= 11 is 0. The van der Waals surface area contributed by atoms with Crippen molar-refractivity contribution < 1.29 is 9.53 Å². The Balaban J connectivity index is 2.09. The summed E-state index contributed by atoms with van der Waals surface area (Å²) < 4.78 is 6.84. The van der Waals surface area contributed by atoms with E-state index in [2.05, 4.69) is 22.0 Å². The number of carbonyl (C=O) groups excluding carboxylic acids is 1. The van der Waals surface area contributed by atoms with Crippen molar-refractivity contribution in [1.29, 1.82) is 0 Å². The molecule has 1 aromatic heterocycles. The first kappa shape index (κ1) is 16.2. The number of nitrogens with zero attached hydrogens (tertiary/aromatic N) is 3. The van der Waals surface area contributed by atoms with Crippen LogP contribution in [-0.2, 0) is 29.7 Å². The molecule has 5 nitrogen and oxygen atoms in total. The highest BCUT2D eigenvalue weighted by Crippen LogP contribution is 2.12. The van der Waals surface area contributed by atoms with Crippen molar-refractivity contribution in [2.45, 2.75) is 20.0 Å². The Hall–Kier alpha value is -2.14. The van der Waals surface area contributed by atoms with E-state index in [1.807, 2.05) is 42.9 Å². The average Bonchev–Trinajstić information content (AvgIpc) is 2.92. The molecule has 0 spiro atoms. The quantitative estimate of drug-likeness (QED) is 0.736. The van der Waals surface area contributed by atoms with Crippen molar-refractivity contribution in [1.82, 2.24) is 14.5 Å². The average molecular weight is 301 g/mol. The maximum absolute atomic E-state index is 11.7. The van der Waals surface area contributed by atoms with Gasteiger partial charge in [-0.15, -0.1) is 0 Å². The molecule has 5 heteroatoms. The van der Waals surface area contributed by atoms with Gasteiger partial charge in [-0.05, 0) is 5.56 Å². The molecule has 2 rings (SSSR count). The Morgan fingerprint density at radius 3 is 2.64 bits per heavy atom. The molecule has 0 radical (unpaired) electrons. The van der Waals surface area contributed by atoms with Crippen LogP contribution in [0.1, 0.15) is 18.2 Å². The van der Waals surface area contributed by atoms with Crippen LogP contribution in [0.25, 0.3) is 0 Å². The maximum Gasteiger partial charge on any atom is 0.309 e. The number of hydrogen-bond acceptors (Lipinski definition) is 4. The van der Waals surface area contributed by atoms with E-state index < -0.39 is 0 Å². The summed E-state index contributed by atoms with van der Waals surface area (Å²) in [4.78, 5) is 18.1. The van der Waals surface area contributed by atoms with Crippen LogP contribution in [0, 0.1) is 5.92 Å². The van der Waals surface area contributed by atoms with Gasteiger partial charge in [0.1, 0.15) is 0 Å². The van der Waals surface area contributed by atoms with Crippen molar-refractivity contribution >= 4 is 5.97 Å². The maximum atomic E-state index is 11.7. The Morgan fingerprint density at radius 1 is 1.32 bits per heavy atom. The predicted octanol–water partition coefficient (Wildman–Crippen LogP) is 2.23. The Bertz CT molecular complexity index is 595. The van der Waals surface area contributed by atoms with Gasteiger partial charge in [0.25, 0.3) is 0 Å². The topological polar surface area (TPSA) is 47.4 Å². The molecule has 22 heavy (non-hydrogen) atoms. The highest BCUT2D eigenvalue weighted by atomic mass is 16.5. The van der Waals surface area contributed by atoms with Gasteiger partial charge in [-0.25, -0.2) is 4.98 Å². The number of carbonyl (C=O) groups is 1. The number of imidazole rings is 1. The van der Waals surface area contributed by atoms with E-state index in [4.69, 9.17) is 4.74 Å². The van der Waals surface area contributed by atoms with Crippen LogP contribution in [-0.4, -0.2) is 34.1 Å². The number of aryl methyl sites for hydroxylation is 1. The molecule has 0 unspecified atom stereocenters. The van der Waals surface area contributed by atoms with Gasteiger partial charge in [-0.1, -0.05) is 37.3 Å². The number of ether oxygens (including phenoxy) is 1. The standard InChI is InChI=1S/C17H23N3O2/c1-14(17(21)22-3)10-20(11-15-7-5-4-6-8-15)12-16-9-18-13-19(16)2/h4-9,13-14H,10-12H2,1-3H3/t14-/m1/s1. The Kier molecular flexibility index (Phi) is 5.72. The Morgan fingerprint density at radius 2 is 2.05 bits per heavy atom. The SMILES string of the molecule is COC(=O)[C@H](C)CN(Cc1ccccc1)Cc1cncn1C.